The maximum absolute atomic E-state index is 12.8. The van der Waals surface area contributed by atoms with Gasteiger partial charge in [0.2, 0.25) is 15.9 Å². The van der Waals surface area contributed by atoms with Crippen molar-refractivity contribution >= 4 is 32.7 Å². The van der Waals surface area contributed by atoms with Crippen LogP contribution in [0.2, 0.25) is 0 Å². The molecule has 0 saturated heterocycles. The van der Waals surface area contributed by atoms with Crippen LogP contribution in [0.5, 0.6) is 0 Å². The van der Waals surface area contributed by atoms with Gasteiger partial charge in [0.15, 0.2) is 0 Å². The quantitative estimate of drug-likeness (QED) is 0.629. The first-order chi connectivity index (χ1) is 13.9. The minimum absolute atomic E-state index is 0.248. The molecule has 30 heavy (non-hydrogen) atoms. The third-order valence-electron chi connectivity index (χ3n) is 4.45. The van der Waals surface area contributed by atoms with E-state index in [0.717, 1.165) is 18.2 Å². The number of carbonyl (C=O) groups excluding carboxylic acids is 1. The molecule has 0 saturated carbocycles. The zero-order valence-electron chi connectivity index (χ0n) is 15.8. The van der Waals surface area contributed by atoms with Gasteiger partial charge in [-0.05, 0) is 36.4 Å². The summed E-state index contributed by atoms with van der Waals surface area (Å²) in [4.78, 5) is 23.5. The third-order valence-corrected chi connectivity index (χ3v) is 5.85. The lowest BCUT2D eigenvalue weighted by Crippen LogP contribution is -2.33. The smallest absolute Gasteiger partial charge is 0.325 e. The highest BCUT2D eigenvalue weighted by Crippen LogP contribution is 2.30. The van der Waals surface area contributed by atoms with Crippen LogP contribution in [0.3, 0.4) is 0 Å². The number of nitrogens with one attached hydrogen (secondary N) is 2. The summed E-state index contributed by atoms with van der Waals surface area (Å²) in [6, 6.07) is 7.93. The van der Waals surface area contributed by atoms with Crippen LogP contribution < -0.4 is 15.7 Å². The Balaban J connectivity index is 1.72. The van der Waals surface area contributed by atoms with Crippen LogP contribution in [0.1, 0.15) is 5.56 Å². The maximum atomic E-state index is 12.8. The van der Waals surface area contributed by atoms with Gasteiger partial charge in [0, 0.05) is 19.8 Å². The predicted octanol–water partition coefficient (Wildman–Crippen LogP) is 1.81. The number of sulfonamides is 1. The fourth-order valence-corrected chi connectivity index (χ4v) is 3.90. The van der Waals surface area contributed by atoms with Crippen molar-refractivity contribution in [3.05, 3.63) is 58.5 Å². The molecule has 0 fully saturated rings. The number of anilines is 1. The summed E-state index contributed by atoms with van der Waals surface area (Å²) in [6.07, 6.45) is -4.70. The lowest BCUT2D eigenvalue weighted by molar-refractivity contribution is -0.137. The van der Waals surface area contributed by atoms with E-state index in [1.165, 1.54) is 9.13 Å². The molecule has 3 rings (SSSR count). The van der Waals surface area contributed by atoms with Crippen molar-refractivity contribution in [1.82, 2.24) is 13.9 Å². The Morgan fingerprint density at radius 1 is 1.03 bits per heavy atom. The molecule has 8 nitrogen and oxygen atoms in total. The van der Waals surface area contributed by atoms with Gasteiger partial charge in [0.05, 0.1) is 28.0 Å². The first-order valence-corrected chi connectivity index (χ1v) is 10.0. The van der Waals surface area contributed by atoms with Crippen molar-refractivity contribution in [2.45, 2.75) is 11.1 Å². The van der Waals surface area contributed by atoms with Gasteiger partial charge in [-0.2, -0.15) is 13.2 Å². The van der Waals surface area contributed by atoms with Crippen molar-refractivity contribution in [3.63, 3.8) is 0 Å². The van der Waals surface area contributed by atoms with Crippen LogP contribution in [0, 0.1) is 0 Å². The molecule has 1 aromatic heterocycles. The van der Waals surface area contributed by atoms with Gasteiger partial charge in [0.1, 0.15) is 0 Å². The van der Waals surface area contributed by atoms with E-state index in [2.05, 4.69) is 5.32 Å². The molecule has 2 aromatic carbocycles. The number of fused-ring (bicyclic) bond motifs is 1. The number of benzene rings is 2. The first kappa shape index (κ1) is 21.6. The average molecular weight is 442 g/mol. The topological polar surface area (TPSA) is 102 Å². The summed E-state index contributed by atoms with van der Waals surface area (Å²) in [5.74, 6) is -0.731. The molecule has 0 aliphatic rings. The molecule has 1 amide bonds. The fraction of sp³-hybridized carbons (Fsp3) is 0.222. The average Bonchev–Trinajstić information content (AvgIpc) is 2.90. The van der Waals surface area contributed by atoms with E-state index in [0.29, 0.717) is 22.8 Å². The molecular formula is C18H17F3N4O4S. The second-order valence-corrected chi connectivity index (χ2v) is 8.27. The molecule has 0 aliphatic heterocycles. The van der Waals surface area contributed by atoms with Crippen molar-refractivity contribution in [2.24, 2.45) is 14.1 Å². The van der Waals surface area contributed by atoms with Crippen LogP contribution in [0.4, 0.5) is 18.9 Å². The normalized spacial score (nSPS) is 12.3. The van der Waals surface area contributed by atoms with Crippen molar-refractivity contribution in [1.29, 1.82) is 0 Å². The van der Waals surface area contributed by atoms with Crippen LogP contribution in [0.25, 0.3) is 11.0 Å². The standard InChI is InChI=1S/C18H17F3N4O4S/c1-24-14-7-6-12(9-15(14)25(2)17(24)27)23-16(26)10-22-30(28,29)13-5-3-4-11(8-13)18(19,20)21/h3-9,22H,10H2,1-2H3,(H,23,26). The van der Waals surface area contributed by atoms with Crippen LogP contribution in [-0.4, -0.2) is 30.0 Å². The Morgan fingerprint density at radius 2 is 1.70 bits per heavy atom. The summed E-state index contributed by atoms with van der Waals surface area (Å²) < 4.78 is 67.6. The number of hydrogen-bond acceptors (Lipinski definition) is 4. The number of halogens is 3. The second-order valence-electron chi connectivity index (χ2n) is 6.50. The summed E-state index contributed by atoms with van der Waals surface area (Å²) in [5.41, 5.74) is 0.168. The van der Waals surface area contributed by atoms with Gasteiger partial charge in [-0.1, -0.05) is 6.07 Å². The van der Waals surface area contributed by atoms with E-state index in [1.54, 1.807) is 32.3 Å². The Kier molecular flexibility index (Phi) is 5.48. The largest absolute Gasteiger partial charge is 0.416 e. The highest BCUT2D eigenvalue weighted by atomic mass is 32.2. The van der Waals surface area contributed by atoms with Crippen LogP contribution in [-0.2, 0) is 35.1 Å². The SMILES string of the molecule is Cn1c(=O)n(C)c2cc(NC(=O)CNS(=O)(=O)c3cccc(C(F)(F)F)c3)ccc21. The first-order valence-electron chi connectivity index (χ1n) is 8.52. The van der Waals surface area contributed by atoms with E-state index in [-0.39, 0.29) is 5.69 Å². The summed E-state index contributed by atoms with van der Waals surface area (Å²) in [5, 5.41) is 2.48. The molecule has 0 aliphatic carbocycles. The molecule has 0 spiro atoms. The molecule has 160 valence electrons. The molecule has 3 aromatic rings. The van der Waals surface area contributed by atoms with Crippen molar-refractivity contribution < 1.29 is 26.4 Å². The van der Waals surface area contributed by atoms with E-state index < -0.39 is 39.1 Å². The minimum Gasteiger partial charge on any atom is -0.325 e. The number of imidazole rings is 1. The van der Waals surface area contributed by atoms with Crippen LogP contribution in [0.15, 0.2) is 52.2 Å². The molecule has 0 unspecified atom stereocenters. The van der Waals surface area contributed by atoms with Crippen molar-refractivity contribution in [2.75, 3.05) is 11.9 Å². The number of hydrogen-bond donors (Lipinski definition) is 2. The van der Waals surface area contributed by atoms with Gasteiger partial charge in [-0.25, -0.2) is 17.9 Å². The van der Waals surface area contributed by atoms with Crippen molar-refractivity contribution in [3.8, 4) is 0 Å². The van der Waals surface area contributed by atoms with Gasteiger partial charge in [-0.15, -0.1) is 0 Å². The van der Waals surface area contributed by atoms with E-state index >= 15 is 0 Å². The number of nitrogens with zero attached hydrogens (tertiary/aromatic N) is 2. The lowest BCUT2D eigenvalue weighted by atomic mass is 10.2. The van der Waals surface area contributed by atoms with E-state index in [1.807, 2.05) is 4.72 Å². The number of aryl methyl sites for hydroxylation is 2. The van der Waals surface area contributed by atoms with Crippen LogP contribution >= 0.6 is 0 Å². The molecule has 1 heterocycles. The zero-order valence-corrected chi connectivity index (χ0v) is 16.6. The number of carbonyl (C=O) groups is 1. The van der Waals surface area contributed by atoms with E-state index in [9.17, 15) is 31.2 Å². The number of aromatic nitrogens is 2. The Labute approximate surface area is 169 Å². The summed E-state index contributed by atoms with van der Waals surface area (Å²) >= 11 is 0. The lowest BCUT2D eigenvalue weighted by Gasteiger charge is -2.11. The molecule has 0 bridgehead atoms. The van der Waals surface area contributed by atoms with E-state index in [4.69, 9.17) is 0 Å². The third kappa shape index (κ3) is 4.24. The molecular weight excluding hydrogens is 425 g/mol. The highest BCUT2D eigenvalue weighted by Gasteiger charge is 2.31. The second kappa shape index (κ2) is 7.61. The maximum Gasteiger partial charge on any atom is 0.416 e. The van der Waals surface area contributed by atoms with Gasteiger partial charge >= 0.3 is 11.9 Å². The summed E-state index contributed by atoms with van der Waals surface area (Å²) in [7, 11) is -1.16. The Hall–Kier alpha value is -3.12. The Morgan fingerprint density at radius 3 is 2.37 bits per heavy atom. The predicted molar refractivity (Wildman–Crippen MR) is 103 cm³/mol. The zero-order chi connectivity index (χ0) is 22.3. The Bertz CT molecular complexity index is 1290. The highest BCUT2D eigenvalue weighted by molar-refractivity contribution is 7.89. The van der Waals surface area contributed by atoms with Gasteiger partial charge in [0.25, 0.3) is 0 Å². The molecule has 0 radical (unpaired) electrons. The molecule has 2 N–H and O–H groups in total. The number of alkyl halides is 3. The van der Waals surface area contributed by atoms with Gasteiger partial charge in [-0.3, -0.25) is 13.9 Å². The fourth-order valence-electron chi connectivity index (χ4n) is 2.87. The summed E-state index contributed by atoms with van der Waals surface area (Å²) in [6.45, 7) is -0.690. The minimum atomic E-state index is -4.70. The molecule has 12 heteroatoms. The molecule has 0 atom stereocenters. The number of amides is 1. The monoisotopic (exact) mass is 442 g/mol. The number of rotatable bonds is 5. The van der Waals surface area contributed by atoms with Gasteiger partial charge < -0.3 is 5.32 Å².